The van der Waals surface area contributed by atoms with Crippen molar-refractivity contribution in [2.75, 3.05) is 11.9 Å². The molecule has 2 aromatic carbocycles. The lowest BCUT2D eigenvalue weighted by molar-refractivity contribution is -0.140. The van der Waals surface area contributed by atoms with E-state index in [1.165, 1.54) is 10.5 Å². The van der Waals surface area contributed by atoms with Gasteiger partial charge in [-0.3, -0.25) is 19.3 Å². The normalized spacial score (nSPS) is 20.6. The third kappa shape index (κ3) is 4.14. The lowest BCUT2D eigenvalue weighted by Gasteiger charge is -2.15. The molecule has 1 N–H and O–H groups in total. The van der Waals surface area contributed by atoms with E-state index in [4.69, 9.17) is 0 Å². The number of hydrogen-bond acceptors (Lipinski definition) is 3. The minimum absolute atomic E-state index is 0.101. The van der Waals surface area contributed by atoms with Crippen LogP contribution < -0.4 is 5.32 Å². The summed E-state index contributed by atoms with van der Waals surface area (Å²) in [5.41, 5.74) is 2.95. The molecule has 2 aromatic rings. The Labute approximate surface area is 170 Å². The number of anilines is 1. The second kappa shape index (κ2) is 8.43. The standard InChI is InChI=1S/C24H24N2O3/c27-22(14-15-26-23(28)19-11-5-6-12-20(19)24(26)29)25-21-13-7-4-10-18(21)16-17-8-2-1-3-9-17/h1-10,13,19-20H,11-12,14-16H2,(H,25,27). The molecule has 1 aliphatic carbocycles. The van der Waals surface area contributed by atoms with Gasteiger partial charge in [-0.15, -0.1) is 0 Å². The Balaban J connectivity index is 1.37. The average Bonchev–Trinajstić information content (AvgIpc) is 2.99. The highest BCUT2D eigenvalue weighted by molar-refractivity contribution is 6.05. The van der Waals surface area contributed by atoms with Crippen LogP contribution in [0.15, 0.2) is 66.7 Å². The van der Waals surface area contributed by atoms with Crippen molar-refractivity contribution < 1.29 is 14.4 Å². The smallest absolute Gasteiger partial charge is 0.233 e. The molecular formula is C24H24N2O3. The number of likely N-dealkylation sites (tertiary alicyclic amines) is 1. The van der Waals surface area contributed by atoms with E-state index in [9.17, 15) is 14.4 Å². The number of fused-ring (bicyclic) bond motifs is 1. The molecule has 1 saturated heterocycles. The molecule has 2 aliphatic rings. The fourth-order valence-electron chi connectivity index (χ4n) is 4.13. The molecule has 5 heteroatoms. The molecule has 1 aliphatic heterocycles. The number of rotatable bonds is 6. The van der Waals surface area contributed by atoms with Crippen molar-refractivity contribution in [1.29, 1.82) is 0 Å². The van der Waals surface area contributed by atoms with E-state index < -0.39 is 0 Å². The van der Waals surface area contributed by atoms with Crippen LogP contribution in [0.3, 0.4) is 0 Å². The summed E-state index contributed by atoms with van der Waals surface area (Å²) < 4.78 is 0. The number of benzene rings is 2. The fraction of sp³-hybridized carbons (Fsp3) is 0.292. The summed E-state index contributed by atoms with van der Waals surface area (Å²) in [6.07, 6.45) is 5.98. The van der Waals surface area contributed by atoms with Gasteiger partial charge in [-0.1, -0.05) is 60.7 Å². The maximum Gasteiger partial charge on any atom is 0.233 e. The molecule has 2 unspecified atom stereocenters. The fourth-order valence-corrected chi connectivity index (χ4v) is 4.13. The van der Waals surface area contributed by atoms with E-state index in [2.05, 4.69) is 17.4 Å². The Morgan fingerprint density at radius 3 is 2.21 bits per heavy atom. The number of imide groups is 1. The number of nitrogens with one attached hydrogen (secondary N) is 1. The van der Waals surface area contributed by atoms with Crippen LogP contribution in [0.25, 0.3) is 0 Å². The van der Waals surface area contributed by atoms with Gasteiger partial charge in [0.25, 0.3) is 0 Å². The van der Waals surface area contributed by atoms with Crippen LogP contribution in [0.1, 0.15) is 30.4 Å². The molecule has 148 valence electrons. The molecule has 5 nitrogen and oxygen atoms in total. The highest BCUT2D eigenvalue weighted by Gasteiger charge is 2.46. The molecule has 1 fully saturated rings. The Hall–Kier alpha value is -3.21. The lowest BCUT2D eigenvalue weighted by atomic mass is 9.85. The zero-order valence-electron chi connectivity index (χ0n) is 16.2. The Morgan fingerprint density at radius 1 is 0.897 bits per heavy atom. The first kappa shape index (κ1) is 19.1. The molecular weight excluding hydrogens is 364 g/mol. The first-order valence-electron chi connectivity index (χ1n) is 10.1. The van der Waals surface area contributed by atoms with E-state index in [1.54, 1.807) is 0 Å². The summed E-state index contributed by atoms with van der Waals surface area (Å²) in [5.74, 6) is -0.966. The molecule has 29 heavy (non-hydrogen) atoms. The second-order valence-corrected chi connectivity index (χ2v) is 7.60. The summed E-state index contributed by atoms with van der Waals surface area (Å²) >= 11 is 0. The van der Waals surface area contributed by atoms with Gasteiger partial charge in [-0.05, 0) is 36.5 Å². The van der Waals surface area contributed by atoms with Gasteiger partial charge >= 0.3 is 0 Å². The molecule has 2 atom stereocenters. The zero-order chi connectivity index (χ0) is 20.2. The highest BCUT2D eigenvalue weighted by Crippen LogP contribution is 2.35. The van der Waals surface area contributed by atoms with Gasteiger partial charge in [0.05, 0.1) is 11.8 Å². The van der Waals surface area contributed by atoms with E-state index >= 15 is 0 Å². The molecule has 3 amide bonds. The van der Waals surface area contributed by atoms with Crippen LogP contribution in [0, 0.1) is 11.8 Å². The number of para-hydroxylation sites is 1. The molecule has 0 bridgehead atoms. The van der Waals surface area contributed by atoms with E-state index in [0.717, 1.165) is 17.7 Å². The summed E-state index contributed by atoms with van der Waals surface area (Å²) in [7, 11) is 0. The minimum atomic E-state index is -0.248. The Morgan fingerprint density at radius 2 is 1.52 bits per heavy atom. The maximum absolute atomic E-state index is 12.5. The molecule has 0 spiro atoms. The third-order valence-electron chi connectivity index (χ3n) is 5.69. The number of hydrogen-bond donors (Lipinski definition) is 1. The Kier molecular flexibility index (Phi) is 5.56. The zero-order valence-corrected chi connectivity index (χ0v) is 16.2. The van der Waals surface area contributed by atoms with Crippen LogP contribution in [0.5, 0.6) is 0 Å². The summed E-state index contributed by atoms with van der Waals surface area (Å²) in [5, 5.41) is 2.95. The summed E-state index contributed by atoms with van der Waals surface area (Å²) in [4.78, 5) is 38.8. The van der Waals surface area contributed by atoms with Crippen molar-refractivity contribution in [3.63, 3.8) is 0 Å². The Bertz CT molecular complexity index is 926. The largest absolute Gasteiger partial charge is 0.326 e. The SMILES string of the molecule is O=C(CCN1C(=O)C2CC=CCC2C1=O)Nc1ccccc1Cc1ccccc1. The predicted octanol–water partition coefficient (Wildman–Crippen LogP) is 3.56. The number of amides is 3. The van der Waals surface area contributed by atoms with Crippen molar-refractivity contribution in [3.8, 4) is 0 Å². The quantitative estimate of drug-likeness (QED) is 0.608. The van der Waals surface area contributed by atoms with Crippen LogP contribution in [0.2, 0.25) is 0 Å². The number of carbonyl (C=O) groups excluding carboxylic acids is 3. The monoisotopic (exact) mass is 388 g/mol. The van der Waals surface area contributed by atoms with Crippen molar-refractivity contribution >= 4 is 23.4 Å². The molecule has 4 rings (SSSR count). The summed E-state index contributed by atoms with van der Waals surface area (Å²) in [6, 6.07) is 17.8. The third-order valence-corrected chi connectivity index (χ3v) is 5.69. The van der Waals surface area contributed by atoms with E-state index in [0.29, 0.717) is 12.8 Å². The molecule has 0 aromatic heterocycles. The van der Waals surface area contributed by atoms with Gasteiger partial charge in [0.15, 0.2) is 0 Å². The first-order valence-corrected chi connectivity index (χ1v) is 10.1. The second-order valence-electron chi connectivity index (χ2n) is 7.60. The molecule has 0 radical (unpaired) electrons. The van der Waals surface area contributed by atoms with Crippen molar-refractivity contribution in [2.45, 2.75) is 25.7 Å². The topological polar surface area (TPSA) is 66.5 Å². The van der Waals surface area contributed by atoms with Crippen molar-refractivity contribution in [1.82, 2.24) is 4.90 Å². The van der Waals surface area contributed by atoms with Gasteiger partial charge in [0.1, 0.15) is 0 Å². The number of nitrogens with zero attached hydrogens (tertiary/aromatic N) is 1. The van der Waals surface area contributed by atoms with Crippen molar-refractivity contribution in [2.24, 2.45) is 11.8 Å². The maximum atomic E-state index is 12.5. The molecule has 0 saturated carbocycles. The van der Waals surface area contributed by atoms with Crippen LogP contribution >= 0.6 is 0 Å². The van der Waals surface area contributed by atoms with Crippen LogP contribution in [0.4, 0.5) is 5.69 Å². The van der Waals surface area contributed by atoms with Gasteiger partial charge in [-0.2, -0.15) is 0 Å². The van der Waals surface area contributed by atoms with Gasteiger partial charge in [-0.25, -0.2) is 0 Å². The van der Waals surface area contributed by atoms with Gasteiger partial charge < -0.3 is 5.32 Å². The van der Waals surface area contributed by atoms with Crippen LogP contribution in [-0.2, 0) is 20.8 Å². The average molecular weight is 388 g/mol. The van der Waals surface area contributed by atoms with E-state index in [-0.39, 0.29) is 42.5 Å². The van der Waals surface area contributed by atoms with E-state index in [1.807, 2.05) is 54.6 Å². The van der Waals surface area contributed by atoms with Crippen LogP contribution in [-0.4, -0.2) is 29.2 Å². The predicted molar refractivity (Wildman–Crippen MR) is 111 cm³/mol. The number of carbonyl (C=O) groups is 3. The van der Waals surface area contributed by atoms with Gasteiger partial charge in [0, 0.05) is 18.7 Å². The minimum Gasteiger partial charge on any atom is -0.326 e. The highest BCUT2D eigenvalue weighted by atomic mass is 16.2. The number of allylic oxidation sites excluding steroid dienone is 2. The molecule has 1 heterocycles. The first-order chi connectivity index (χ1) is 14.1. The van der Waals surface area contributed by atoms with Crippen molar-refractivity contribution in [3.05, 3.63) is 77.9 Å². The summed E-state index contributed by atoms with van der Waals surface area (Å²) in [6.45, 7) is 0.136. The van der Waals surface area contributed by atoms with Gasteiger partial charge in [0.2, 0.25) is 17.7 Å². The lowest BCUT2D eigenvalue weighted by Crippen LogP contribution is -2.34.